The molecule has 4 heteroatoms. The van der Waals surface area contributed by atoms with E-state index in [1.807, 2.05) is 11.8 Å². The first-order valence-electron chi connectivity index (χ1n) is 5.92. The summed E-state index contributed by atoms with van der Waals surface area (Å²) in [5.41, 5.74) is 0. The van der Waals surface area contributed by atoms with Gasteiger partial charge in [-0.2, -0.15) is 0 Å². The van der Waals surface area contributed by atoms with Crippen LogP contribution in [0, 0.1) is 0 Å². The summed E-state index contributed by atoms with van der Waals surface area (Å²) in [5, 5.41) is 3.57. The predicted octanol–water partition coefficient (Wildman–Crippen LogP) is 1.44. The summed E-state index contributed by atoms with van der Waals surface area (Å²) in [4.78, 5) is 14.1. The van der Waals surface area contributed by atoms with E-state index in [9.17, 15) is 4.79 Å². The van der Waals surface area contributed by atoms with Crippen molar-refractivity contribution < 1.29 is 4.79 Å². The largest absolute Gasteiger partial charge is 0.340 e. The van der Waals surface area contributed by atoms with Gasteiger partial charge in [-0.1, -0.05) is 6.92 Å². The lowest BCUT2D eigenvalue weighted by Crippen LogP contribution is -2.53. The molecular weight excluding hydrogens is 208 g/mol. The minimum Gasteiger partial charge on any atom is -0.340 e. The lowest BCUT2D eigenvalue weighted by molar-refractivity contribution is -0.132. The molecule has 1 atom stereocenters. The Bertz CT molecular complexity index is 239. The molecule has 1 N–H and O–H groups in total. The Labute approximate surface area is 96.0 Å². The molecule has 86 valence electrons. The number of amides is 1. The molecule has 1 amide bonds. The molecule has 3 nitrogen and oxygen atoms in total. The van der Waals surface area contributed by atoms with Crippen molar-refractivity contribution in [3.8, 4) is 0 Å². The minimum absolute atomic E-state index is 0.196. The first-order chi connectivity index (χ1) is 7.26. The van der Waals surface area contributed by atoms with Crippen LogP contribution in [-0.4, -0.2) is 41.1 Å². The topological polar surface area (TPSA) is 32.3 Å². The van der Waals surface area contributed by atoms with E-state index in [4.69, 9.17) is 0 Å². The van der Waals surface area contributed by atoms with Crippen LogP contribution in [-0.2, 0) is 4.79 Å². The van der Waals surface area contributed by atoms with Crippen LogP contribution in [0.2, 0.25) is 0 Å². The molecule has 2 aliphatic rings. The van der Waals surface area contributed by atoms with E-state index in [1.165, 1.54) is 12.2 Å². The second-order valence-electron chi connectivity index (χ2n) is 4.44. The highest BCUT2D eigenvalue weighted by Crippen LogP contribution is 2.35. The zero-order valence-corrected chi connectivity index (χ0v) is 10.2. The van der Waals surface area contributed by atoms with Gasteiger partial charge in [-0.15, -0.1) is 11.8 Å². The first kappa shape index (κ1) is 11.3. The summed E-state index contributed by atoms with van der Waals surface area (Å²) in [7, 11) is 0. The van der Waals surface area contributed by atoms with Crippen molar-refractivity contribution in [2.45, 2.75) is 37.5 Å². The number of carbonyl (C=O) groups is 1. The van der Waals surface area contributed by atoms with E-state index in [0.29, 0.717) is 12.3 Å². The van der Waals surface area contributed by atoms with Crippen molar-refractivity contribution in [2.24, 2.45) is 0 Å². The van der Waals surface area contributed by atoms with Gasteiger partial charge in [0.1, 0.15) is 0 Å². The normalized spacial score (nSPS) is 31.1. The van der Waals surface area contributed by atoms with Gasteiger partial charge < -0.3 is 10.2 Å². The quantitative estimate of drug-likeness (QED) is 0.776. The minimum atomic E-state index is 0.196. The maximum Gasteiger partial charge on any atom is 0.222 e. The van der Waals surface area contributed by atoms with E-state index >= 15 is 0 Å². The predicted molar refractivity (Wildman–Crippen MR) is 63.9 cm³/mol. The molecule has 15 heavy (non-hydrogen) atoms. The van der Waals surface area contributed by atoms with Gasteiger partial charge in [0.05, 0.1) is 4.87 Å². The molecule has 2 aliphatic heterocycles. The highest BCUT2D eigenvalue weighted by atomic mass is 32.2. The Morgan fingerprint density at radius 1 is 1.60 bits per heavy atom. The molecule has 1 spiro atoms. The van der Waals surface area contributed by atoms with Gasteiger partial charge in [-0.25, -0.2) is 0 Å². The van der Waals surface area contributed by atoms with Gasteiger partial charge in [-0.05, 0) is 19.3 Å². The molecule has 0 bridgehead atoms. The summed E-state index contributed by atoms with van der Waals surface area (Å²) >= 11 is 2.00. The van der Waals surface area contributed by atoms with Crippen LogP contribution in [0.3, 0.4) is 0 Å². The Balaban J connectivity index is 1.94. The number of nitrogens with one attached hydrogen (secondary N) is 1. The SMILES string of the molecule is CCCC(=O)N1CCCC2(C1)NCCS2. The van der Waals surface area contributed by atoms with Gasteiger partial charge in [0.25, 0.3) is 0 Å². The van der Waals surface area contributed by atoms with E-state index in [0.717, 1.165) is 32.5 Å². The highest BCUT2D eigenvalue weighted by molar-refractivity contribution is 8.00. The number of rotatable bonds is 2. The molecular formula is C11H20N2OS. The van der Waals surface area contributed by atoms with Crippen molar-refractivity contribution >= 4 is 17.7 Å². The summed E-state index contributed by atoms with van der Waals surface area (Å²) in [6.45, 7) is 5.04. The van der Waals surface area contributed by atoms with Crippen molar-refractivity contribution in [2.75, 3.05) is 25.4 Å². The van der Waals surface area contributed by atoms with E-state index < -0.39 is 0 Å². The van der Waals surface area contributed by atoms with Crippen molar-refractivity contribution in [1.29, 1.82) is 0 Å². The molecule has 0 saturated carbocycles. The van der Waals surface area contributed by atoms with E-state index in [-0.39, 0.29) is 4.87 Å². The maximum absolute atomic E-state index is 11.8. The summed E-state index contributed by atoms with van der Waals surface area (Å²) in [5.74, 6) is 1.53. The Morgan fingerprint density at radius 3 is 3.13 bits per heavy atom. The number of carbonyl (C=O) groups excluding carboxylic acids is 1. The summed E-state index contributed by atoms with van der Waals surface area (Å²) < 4.78 is 0. The fourth-order valence-corrected chi connectivity index (χ4v) is 3.78. The van der Waals surface area contributed by atoms with Crippen LogP contribution in [0.1, 0.15) is 32.6 Å². The number of hydrogen-bond acceptors (Lipinski definition) is 3. The average molecular weight is 228 g/mol. The van der Waals surface area contributed by atoms with Gasteiger partial charge in [0, 0.05) is 31.8 Å². The van der Waals surface area contributed by atoms with Crippen LogP contribution >= 0.6 is 11.8 Å². The third kappa shape index (κ3) is 2.48. The van der Waals surface area contributed by atoms with Crippen molar-refractivity contribution in [3.05, 3.63) is 0 Å². The Morgan fingerprint density at radius 2 is 2.47 bits per heavy atom. The van der Waals surface area contributed by atoms with Crippen molar-refractivity contribution in [3.63, 3.8) is 0 Å². The third-order valence-electron chi connectivity index (χ3n) is 3.20. The lowest BCUT2D eigenvalue weighted by Gasteiger charge is -2.40. The second kappa shape index (κ2) is 4.74. The highest BCUT2D eigenvalue weighted by Gasteiger charge is 2.39. The van der Waals surface area contributed by atoms with Crippen molar-refractivity contribution in [1.82, 2.24) is 10.2 Å². The molecule has 0 aromatic rings. The molecule has 2 fully saturated rings. The van der Waals surface area contributed by atoms with E-state index in [1.54, 1.807) is 0 Å². The Hall–Kier alpha value is -0.220. The van der Waals surface area contributed by atoms with Gasteiger partial charge in [0.2, 0.25) is 5.91 Å². The fraction of sp³-hybridized carbons (Fsp3) is 0.909. The van der Waals surface area contributed by atoms with E-state index in [2.05, 4.69) is 17.1 Å². The number of piperidine rings is 1. The zero-order valence-electron chi connectivity index (χ0n) is 9.42. The molecule has 2 rings (SSSR count). The molecule has 0 aromatic heterocycles. The monoisotopic (exact) mass is 228 g/mol. The second-order valence-corrected chi connectivity index (χ2v) is 5.92. The number of hydrogen-bond donors (Lipinski definition) is 1. The maximum atomic E-state index is 11.8. The molecule has 1 unspecified atom stereocenters. The van der Waals surface area contributed by atoms with Crippen LogP contribution in [0.4, 0.5) is 0 Å². The number of thioether (sulfide) groups is 1. The van der Waals surface area contributed by atoms with Crippen LogP contribution in [0.25, 0.3) is 0 Å². The fourth-order valence-electron chi connectivity index (χ4n) is 2.45. The molecule has 2 heterocycles. The summed E-state index contributed by atoms with van der Waals surface area (Å²) in [6.07, 6.45) is 4.03. The molecule has 2 saturated heterocycles. The van der Waals surface area contributed by atoms with Crippen LogP contribution < -0.4 is 5.32 Å². The molecule has 0 radical (unpaired) electrons. The third-order valence-corrected chi connectivity index (χ3v) is 4.64. The van der Waals surface area contributed by atoms with Gasteiger partial charge in [0.15, 0.2) is 0 Å². The first-order valence-corrected chi connectivity index (χ1v) is 6.91. The van der Waals surface area contributed by atoms with Crippen LogP contribution in [0.5, 0.6) is 0 Å². The summed E-state index contributed by atoms with van der Waals surface area (Å²) in [6, 6.07) is 0. The molecule has 0 aromatic carbocycles. The van der Waals surface area contributed by atoms with Gasteiger partial charge in [-0.3, -0.25) is 4.79 Å². The average Bonchev–Trinajstić information content (AvgIpc) is 2.67. The zero-order chi connectivity index (χ0) is 10.7. The number of likely N-dealkylation sites (tertiary alicyclic amines) is 1. The van der Waals surface area contributed by atoms with Gasteiger partial charge >= 0.3 is 0 Å². The lowest BCUT2D eigenvalue weighted by atomic mass is 10.0. The van der Waals surface area contributed by atoms with Crippen LogP contribution in [0.15, 0.2) is 0 Å². The standard InChI is InChI=1S/C11H20N2OS/c1-2-4-10(14)13-7-3-5-11(9-13)12-6-8-15-11/h12H,2-9H2,1H3. The Kier molecular flexibility index (Phi) is 3.57. The smallest absolute Gasteiger partial charge is 0.222 e. The molecule has 0 aliphatic carbocycles. The number of nitrogens with zero attached hydrogens (tertiary/aromatic N) is 1.